The van der Waals surface area contributed by atoms with E-state index in [0.29, 0.717) is 16.4 Å². The molecular weight excluding hydrogens is 404 g/mol. The standard InChI is InChI=1S/C22H20N2O5S/c1-14-2-4-15(5-3-14)12-20(25)23-8-9-24-21(26)19(30-22(24)27)11-16-6-7-17-18(10-16)29-13-28-17/h2-7,10-11H,8-9,12-13H2,1H3,(H,23,25)/b19-11-. The van der Waals surface area contributed by atoms with Gasteiger partial charge < -0.3 is 14.8 Å². The molecule has 0 bridgehead atoms. The monoisotopic (exact) mass is 424 g/mol. The number of carbonyl (C=O) groups excluding carboxylic acids is 3. The molecular formula is C22H20N2O5S. The number of thioether (sulfide) groups is 1. The van der Waals surface area contributed by atoms with Crippen LogP contribution >= 0.6 is 11.8 Å². The summed E-state index contributed by atoms with van der Waals surface area (Å²) in [5.74, 6) is 0.748. The maximum Gasteiger partial charge on any atom is 0.293 e. The minimum absolute atomic E-state index is 0.128. The normalized spacial score (nSPS) is 16.4. The fourth-order valence-electron chi connectivity index (χ4n) is 3.11. The summed E-state index contributed by atoms with van der Waals surface area (Å²) in [5.41, 5.74) is 2.79. The van der Waals surface area contributed by atoms with Crippen molar-refractivity contribution in [2.24, 2.45) is 0 Å². The SMILES string of the molecule is Cc1ccc(CC(=O)NCCN2C(=O)S/C(=C\c3ccc4c(c3)OCO4)C2=O)cc1. The summed E-state index contributed by atoms with van der Waals surface area (Å²) in [6.45, 7) is 2.49. The van der Waals surface area contributed by atoms with E-state index in [-0.39, 0.29) is 43.4 Å². The van der Waals surface area contributed by atoms with E-state index in [0.717, 1.165) is 33.4 Å². The van der Waals surface area contributed by atoms with Crippen molar-refractivity contribution in [3.05, 3.63) is 64.1 Å². The summed E-state index contributed by atoms with van der Waals surface area (Å²) in [6.07, 6.45) is 1.91. The van der Waals surface area contributed by atoms with Crippen LogP contribution in [0.2, 0.25) is 0 Å². The highest BCUT2D eigenvalue weighted by atomic mass is 32.2. The van der Waals surface area contributed by atoms with Crippen molar-refractivity contribution in [2.75, 3.05) is 19.9 Å². The quantitative estimate of drug-likeness (QED) is 0.718. The van der Waals surface area contributed by atoms with Gasteiger partial charge in [-0.05, 0) is 48.0 Å². The maximum atomic E-state index is 12.6. The molecule has 8 heteroatoms. The van der Waals surface area contributed by atoms with E-state index in [2.05, 4.69) is 5.32 Å². The molecule has 0 unspecified atom stereocenters. The zero-order valence-corrected chi connectivity index (χ0v) is 17.2. The van der Waals surface area contributed by atoms with Crippen LogP contribution < -0.4 is 14.8 Å². The van der Waals surface area contributed by atoms with Gasteiger partial charge in [-0.3, -0.25) is 19.3 Å². The Morgan fingerprint density at radius 1 is 1.13 bits per heavy atom. The first-order valence-corrected chi connectivity index (χ1v) is 10.3. The number of hydrogen-bond donors (Lipinski definition) is 1. The fraction of sp³-hybridized carbons (Fsp3) is 0.227. The Kier molecular flexibility index (Phi) is 5.76. The van der Waals surface area contributed by atoms with E-state index >= 15 is 0 Å². The Morgan fingerprint density at radius 3 is 2.70 bits per heavy atom. The third kappa shape index (κ3) is 4.49. The molecule has 0 aromatic heterocycles. The highest BCUT2D eigenvalue weighted by molar-refractivity contribution is 8.18. The van der Waals surface area contributed by atoms with Crippen LogP contribution in [0.25, 0.3) is 6.08 Å². The van der Waals surface area contributed by atoms with Crippen LogP contribution in [0.3, 0.4) is 0 Å². The van der Waals surface area contributed by atoms with E-state index in [4.69, 9.17) is 9.47 Å². The molecule has 3 amide bonds. The van der Waals surface area contributed by atoms with E-state index in [1.165, 1.54) is 0 Å². The number of amides is 3. The van der Waals surface area contributed by atoms with Crippen molar-refractivity contribution in [1.82, 2.24) is 10.2 Å². The first kappa shape index (κ1) is 20.0. The van der Waals surface area contributed by atoms with Gasteiger partial charge in [0.2, 0.25) is 12.7 Å². The van der Waals surface area contributed by atoms with Gasteiger partial charge in [0.15, 0.2) is 11.5 Å². The average Bonchev–Trinajstić information content (AvgIpc) is 3.29. The van der Waals surface area contributed by atoms with Crippen LogP contribution in [0, 0.1) is 6.92 Å². The highest BCUT2D eigenvalue weighted by Gasteiger charge is 2.34. The minimum atomic E-state index is -0.365. The van der Waals surface area contributed by atoms with Crippen molar-refractivity contribution in [3.63, 3.8) is 0 Å². The predicted octanol–water partition coefficient (Wildman–Crippen LogP) is 3.12. The van der Waals surface area contributed by atoms with Gasteiger partial charge in [0, 0.05) is 13.1 Å². The third-order valence-electron chi connectivity index (χ3n) is 4.71. The van der Waals surface area contributed by atoms with Crippen LogP contribution in [0.5, 0.6) is 11.5 Å². The van der Waals surface area contributed by atoms with Gasteiger partial charge in [-0.15, -0.1) is 0 Å². The molecule has 1 N–H and O–H groups in total. The number of aryl methyl sites for hydroxylation is 1. The summed E-state index contributed by atoms with van der Waals surface area (Å²) in [7, 11) is 0. The van der Waals surface area contributed by atoms with Gasteiger partial charge in [0.1, 0.15) is 0 Å². The zero-order chi connectivity index (χ0) is 21.1. The number of hydrogen-bond acceptors (Lipinski definition) is 6. The molecule has 4 rings (SSSR count). The topological polar surface area (TPSA) is 84.9 Å². The van der Waals surface area contributed by atoms with Crippen molar-refractivity contribution in [2.45, 2.75) is 13.3 Å². The van der Waals surface area contributed by atoms with Gasteiger partial charge in [-0.1, -0.05) is 35.9 Å². The Morgan fingerprint density at radius 2 is 1.90 bits per heavy atom. The lowest BCUT2D eigenvalue weighted by atomic mass is 10.1. The summed E-state index contributed by atoms with van der Waals surface area (Å²) < 4.78 is 10.6. The van der Waals surface area contributed by atoms with Gasteiger partial charge in [0.05, 0.1) is 11.3 Å². The molecule has 2 aliphatic heterocycles. The smallest absolute Gasteiger partial charge is 0.293 e. The molecule has 1 fully saturated rings. The average molecular weight is 424 g/mol. The molecule has 2 aliphatic rings. The van der Waals surface area contributed by atoms with Crippen LogP contribution in [-0.4, -0.2) is 41.8 Å². The molecule has 7 nitrogen and oxygen atoms in total. The van der Waals surface area contributed by atoms with Crippen LogP contribution in [0.4, 0.5) is 4.79 Å². The van der Waals surface area contributed by atoms with E-state index < -0.39 is 0 Å². The molecule has 0 radical (unpaired) electrons. The molecule has 2 aromatic carbocycles. The van der Waals surface area contributed by atoms with Crippen molar-refractivity contribution < 1.29 is 23.9 Å². The molecule has 30 heavy (non-hydrogen) atoms. The molecule has 0 spiro atoms. The number of rotatable bonds is 6. The van der Waals surface area contributed by atoms with Crippen LogP contribution in [0.15, 0.2) is 47.4 Å². The third-order valence-corrected chi connectivity index (χ3v) is 5.62. The summed E-state index contributed by atoms with van der Waals surface area (Å²) in [4.78, 5) is 38.4. The zero-order valence-electron chi connectivity index (χ0n) is 16.3. The Hall–Kier alpha value is -3.26. The Bertz CT molecular complexity index is 1030. The second kappa shape index (κ2) is 8.62. The first-order valence-electron chi connectivity index (χ1n) is 9.47. The number of ether oxygens (including phenoxy) is 2. The minimum Gasteiger partial charge on any atom is -0.454 e. The molecule has 154 valence electrons. The second-order valence-corrected chi connectivity index (χ2v) is 7.95. The van der Waals surface area contributed by atoms with Gasteiger partial charge in [0.25, 0.3) is 11.1 Å². The van der Waals surface area contributed by atoms with Crippen molar-refractivity contribution in [1.29, 1.82) is 0 Å². The van der Waals surface area contributed by atoms with Crippen LogP contribution in [-0.2, 0) is 16.0 Å². The highest BCUT2D eigenvalue weighted by Crippen LogP contribution is 2.36. The summed E-state index contributed by atoms with van der Waals surface area (Å²) >= 11 is 0.886. The number of nitrogens with one attached hydrogen (secondary N) is 1. The fourth-order valence-corrected chi connectivity index (χ4v) is 3.97. The Labute approximate surface area is 178 Å². The Balaban J connectivity index is 1.32. The van der Waals surface area contributed by atoms with Crippen molar-refractivity contribution >= 4 is 34.9 Å². The van der Waals surface area contributed by atoms with E-state index in [1.54, 1.807) is 24.3 Å². The summed E-state index contributed by atoms with van der Waals surface area (Å²) in [6, 6.07) is 13.1. The van der Waals surface area contributed by atoms with Crippen LogP contribution in [0.1, 0.15) is 16.7 Å². The first-order chi connectivity index (χ1) is 14.5. The number of benzene rings is 2. The summed E-state index contributed by atoms with van der Waals surface area (Å²) in [5, 5.41) is 2.41. The molecule has 0 saturated carbocycles. The molecule has 0 aliphatic carbocycles. The number of carbonyl (C=O) groups is 3. The predicted molar refractivity (Wildman–Crippen MR) is 113 cm³/mol. The largest absolute Gasteiger partial charge is 0.454 e. The van der Waals surface area contributed by atoms with Gasteiger partial charge >= 0.3 is 0 Å². The maximum absolute atomic E-state index is 12.6. The lowest BCUT2D eigenvalue weighted by molar-refractivity contribution is -0.124. The lowest BCUT2D eigenvalue weighted by Gasteiger charge is -2.13. The molecule has 0 atom stereocenters. The second-order valence-electron chi connectivity index (χ2n) is 6.96. The van der Waals surface area contributed by atoms with Crippen molar-refractivity contribution in [3.8, 4) is 11.5 Å². The van der Waals surface area contributed by atoms with Gasteiger partial charge in [-0.25, -0.2) is 0 Å². The molecule has 2 aromatic rings. The molecule has 1 saturated heterocycles. The van der Waals surface area contributed by atoms with Gasteiger partial charge in [-0.2, -0.15) is 0 Å². The number of fused-ring (bicyclic) bond motifs is 1. The van der Waals surface area contributed by atoms with E-state index in [9.17, 15) is 14.4 Å². The lowest BCUT2D eigenvalue weighted by Crippen LogP contribution is -2.37. The number of imide groups is 1. The molecule has 2 heterocycles. The number of nitrogens with zero attached hydrogens (tertiary/aromatic N) is 1. The van der Waals surface area contributed by atoms with E-state index in [1.807, 2.05) is 31.2 Å².